The third-order valence-corrected chi connectivity index (χ3v) is 5.15. The minimum Gasteiger partial charge on any atom is -0.473 e. The van der Waals surface area contributed by atoms with Crippen molar-refractivity contribution >= 4 is 45.6 Å². The van der Waals surface area contributed by atoms with Crippen molar-refractivity contribution in [2.24, 2.45) is 0 Å². The molecule has 0 saturated carbocycles. The molecule has 0 bridgehead atoms. The molecular weight excluding hydrogens is 447 g/mol. The van der Waals surface area contributed by atoms with Crippen LogP contribution in [0, 0.1) is 5.82 Å². The molecule has 0 radical (unpaired) electrons. The Kier molecular flexibility index (Phi) is 7.49. The van der Waals surface area contributed by atoms with Gasteiger partial charge in [0.05, 0.1) is 0 Å². The van der Waals surface area contributed by atoms with Crippen LogP contribution in [0.15, 0.2) is 22.7 Å². The van der Waals surface area contributed by atoms with Gasteiger partial charge in [0.15, 0.2) is 35.3 Å². The molecule has 1 aromatic carbocycles. The average molecular weight is 465 g/mol. The molecule has 0 spiro atoms. The maximum atomic E-state index is 14.1. The molecule has 7 nitrogen and oxygen atoms in total. The largest absolute Gasteiger partial charge is 0.473 e. The molecule has 0 amide bonds. The van der Waals surface area contributed by atoms with Gasteiger partial charge in [-0.3, -0.25) is 14.4 Å². The summed E-state index contributed by atoms with van der Waals surface area (Å²) >= 11 is 4.31. The molecule has 1 aromatic rings. The smallest absolute Gasteiger partial charge is 0.303 e. The van der Waals surface area contributed by atoms with Gasteiger partial charge in [0.1, 0.15) is 0 Å². The molecule has 0 aromatic heterocycles. The highest BCUT2D eigenvalue weighted by Gasteiger charge is 2.47. The lowest BCUT2D eigenvalue weighted by Gasteiger charge is -2.39. The summed E-state index contributed by atoms with van der Waals surface area (Å²) in [7, 11) is 0. The summed E-state index contributed by atoms with van der Waals surface area (Å²) in [4.78, 5) is 34.4. The molecular formula is C17H18BrFO7S. The zero-order valence-electron chi connectivity index (χ0n) is 14.8. The minimum absolute atomic E-state index is 0.0552. The van der Waals surface area contributed by atoms with Crippen molar-refractivity contribution in [2.45, 2.75) is 44.5 Å². The number of carbonyl (C=O) groups is 3. The molecule has 1 heterocycles. The highest BCUT2D eigenvalue weighted by atomic mass is 79.9. The number of carbonyl (C=O) groups excluding carboxylic acids is 3. The number of benzene rings is 1. The molecule has 1 saturated heterocycles. The number of hydrogen-bond acceptors (Lipinski definition) is 8. The fourth-order valence-electron chi connectivity index (χ4n) is 2.51. The van der Waals surface area contributed by atoms with E-state index in [0.29, 0.717) is 4.47 Å². The standard InChI is InChI=1S/C17H18BrFO7S/c1-8(20)23-14-7-27-17(26-13-5-4-11(18)6-12(13)19)16(25-10(3)22)15(14)24-9(2)21/h4-6,14-17H,7H2,1-3H3/t14-,15+,16-,17-/m1/s1. The van der Waals surface area contributed by atoms with Crippen molar-refractivity contribution in [1.82, 2.24) is 0 Å². The highest BCUT2D eigenvalue weighted by molar-refractivity contribution is 9.10. The van der Waals surface area contributed by atoms with Gasteiger partial charge in [-0.2, -0.15) is 0 Å². The van der Waals surface area contributed by atoms with E-state index in [4.69, 9.17) is 18.9 Å². The first-order chi connectivity index (χ1) is 12.7. The van der Waals surface area contributed by atoms with Crippen LogP contribution >= 0.6 is 27.7 Å². The Bertz CT molecular complexity index is 729. The van der Waals surface area contributed by atoms with Crippen LogP contribution in [0.25, 0.3) is 0 Å². The van der Waals surface area contributed by atoms with E-state index in [0.717, 1.165) is 11.8 Å². The van der Waals surface area contributed by atoms with E-state index in [1.165, 1.54) is 32.9 Å². The summed E-state index contributed by atoms with van der Waals surface area (Å²) in [5.74, 6) is -2.32. The lowest BCUT2D eigenvalue weighted by Crippen LogP contribution is -2.55. The lowest BCUT2D eigenvalue weighted by molar-refractivity contribution is -0.186. The Hall–Kier alpha value is -1.81. The van der Waals surface area contributed by atoms with Crippen LogP contribution in [0.2, 0.25) is 0 Å². The van der Waals surface area contributed by atoms with E-state index in [-0.39, 0.29) is 11.5 Å². The van der Waals surface area contributed by atoms with Crippen LogP contribution in [-0.4, -0.2) is 47.4 Å². The van der Waals surface area contributed by atoms with Crippen molar-refractivity contribution in [2.75, 3.05) is 5.75 Å². The van der Waals surface area contributed by atoms with E-state index in [2.05, 4.69) is 15.9 Å². The second-order valence-corrected chi connectivity index (χ2v) is 7.74. The van der Waals surface area contributed by atoms with Crippen LogP contribution in [0.4, 0.5) is 4.39 Å². The molecule has 27 heavy (non-hydrogen) atoms. The fourth-order valence-corrected chi connectivity index (χ4v) is 4.05. The molecule has 2 rings (SSSR count). The van der Waals surface area contributed by atoms with Crippen LogP contribution in [-0.2, 0) is 28.6 Å². The average Bonchev–Trinajstić information content (AvgIpc) is 2.53. The van der Waals surface area contributed by atoms with Crippen LogP contribution in [0.5, 0.6) is 5.75 Å². The Balaban J connectivity index is 2.30. The van der Waals surface area contributed by atoms with Gasteiger partial charge >= 0.3 is 17.9 Å². The Labute approximate surface area is 168 Å². The molecule has 148 valence electrons. The van der Waals surface area contributed by atoms with Gasteiger partial charge in [-0.15, -0.1) is 11.8 Å². The number of thioether (sulfide) groups is 1. The second-order valence-electron chi connectivity index (χ2n) is 5.69. The van der Waals surface area contributed by atoms with Crippen molar-refractivity contribution in [3.63, 3.8) is 0 Å². The maximum absolute atomic E-state index is 14.1. The zero-order chi connectivity index (χ0) is 20.1. The van der Waals surface area contributed by atoms with Gasteiger partial charge in [-0.25, -0.2) is 4.39 Å². The van der Waals surface area contributed by atoms with Crippen molar-refractivity contribution in [3.05, 3.63) is 28.5 Å². The van der Waals surface area contributed by atoms with Gasteiger partial charge in [0.25, 0.3) is 0 Å². The molecule has 10 heteroatoms. The molecule has 0 N–H and O–H groups in total. The second kappa shape index (κ2) is 9.41. The summed E-state index contributed by atoms with van der Waals surface area (Å²) in [5.41, 5.74) is -0.874. The number of ether oxygens (including phenoxy) is 4. The van der Waals surface area contributed by atoms with E-state index in [1.807, 2.05) is 0 Å². The molecule has 0 aliphatic carbocycles. The monoisotopic (exact) mass is 464 g/mol. The van der Waals surface area contributed by atoms with Gasteiger partial charge in [0.2, 0.25) is 0 Å². The van der Waals surface area contributed by atoms with Gasteiger partial charge in [0, 0.05) is 31.0 Å². The number of rotatable bonds is 5. The zero-order valence-corrected chi connectivity index (χ0v) is 17.2. The molecule has 0 unspecified atom stereocenters. The summed E-state index contributed by atoms with van der Waals surface area (Å²) in [6.07, 6.45) is -3.02. The van der Waals surface area contributed by atoms with E-state index in [9.17, 15) is 18.8 Å². The quantitative estimate of drug-likeness (QED) is 0.485. The third-order valence-electron chi connectivity index (χ3n) is 3.44. The first kappa shape index (κ1) is 21.5. The SMILES string of the molecule is CC(=O)O[C@@H]1[C@@H](OC(C)=O)[C@H](OC(C)=O)CS[C@H]1Oc1ccc(Br)cc1F. The van der Waals surface area contributed by atoms with E-state index >= 15 is 0 Å². The Morgan fingerprint density at radius 2 is 1.63 bits per heavy atom. The lowest BCUT2D eigenvalue weighted by atomic mass is 10.1. The molecule has 4 atom stereocenters. The van der Waals surface area contributed by atoms with Crippen LogP contribution in [0.1, 0.15) is 20.8 Å². The third kappa shape index (κ3) is 6.10. The Morgan fingerprint density at radius 3 is 2.19 bits per heavy atom. The van der Waals surface area contributed by atoms with Crippen LogP contribution < -0.4 is 4.74 Å². The fraction of sp³-hybridized carbons (Fsp3) is 0.471. The predicted molar refractivity (Wildman–Crippen MR) is 97.6 cm³/mol. The molecule has 1 fully saturated rings. The summed E-state index contributed by atoms with van der Waals surface area (Å²) in [5, 5.41) is 0. The van der Waals surface area contributed by atoms with Crippen molar-refractivity contribution in [1.29, 1.82) is 0 Å². The van der Waals surface area contributed by atoms with Crippen molar-refractivity contribution in [3.8, 4) is 5.75 Å². The highest BCUT2D eigenvalue weighted by Crippen LogP contribution is 2.35. The summed E-state index contributed by atoms with van der Waals surface area (Å²) in [6.45, 7) is 3.58. The molecule has 1 aliphatic rings. The topological polar surface area (TPSA) is 88.1 Å². The van der Waals surface area contributed by atoms with E-state index in [1.54, 1.807) is 6.07 Å². The number of halogens is 2. The Morgan fingerprint density at radius 1 is 1.04 bits per heavy atom. The first-order valence-corrected chi connectivity index (χ1v) is 9.76. The summed E-state index contributed by atoms with van der Waals surface area (Å²) < 4.78 is 36.1. The normalized spacial score (nSPS) is 24.6. The maximum Gasteiger partial charge on any atom is 0.303 e. The van der Waals surface area contributed by atoms with E-state index < -0.39 is 47.5 Å². The summed E-state index contributed by atoms with van der Waals surface area (Å²) in [6, 6.07) is 4.25. The minimum atomic E-state index is -1.10. The molecule has 1 aliphatic heterocycles. The van der Waals surface area contributed by atoms with Gasteiger partial charge in [-0.05, 0) is 18.2 Å². The van der Waals surface area contributed by atoms with Crippen molar-refractivity contribution < 1.29 is 37.7 Å². The predicted octanol–water partition coefficient (Wildman–Crippen LogP) is 2.84. The first-order valence-electron chi connectivity index (χ1n) is 7.92. The van der Waals surface area contributed by atoms with Gasteiger partial charge in [-0.1, -0.05) is 15.9 Å². The van der Waals surface area contributed by atoms with Crippen LogP contribution in [0.3, 0.4) is 0 Å². The number of esters is 3. The van der Waals surface area contributed by atoms with Gasteiger partial charge < -0.3 is 18.9 Å². The number of hydrogen-bond donors (Lipinski definition) is 0.